The van der Waals surface area contributed by atoms with Crippen LogP contribution in [0.25, 0.3) is 0 Å². The Labute approximate surface area is 175 Å². The van der Waals surface area contributed by atoms with Gasteiger partial charge in [-0.1, -0.05) is 11.6 Å². The van der Waals surface area contributed by atoms with E-state index < -0.39 is 0 Å². The first-order chi connectivity index (χ1) is 13.5. The molecule has 3 rings (SSSR count). The van der Waals surface area contributed by atoms with Crippen molar-refractivity contribution in [1.29, 1.82) is 0 Å². The third-order valence-electron chi connectivity index (χ3n) is 5.49. The van der Waals surface area contributed by atoms with E-state index in [1.165, 1.54) is 0 Å². The van der Waals surface area contributed by atoms with Crippen molar-refractivity contribution in [3.8, 4) is 0 Å². The van der Waals surface area contributed by atoms with Crippen LogP contribution < -0.4 is 0 Å². The SMILES string of the molecule is COCCC(=O)N1CCOC2(CCN(C(=O)c3cc(SC)ccc3Cl)CC2)C1. The van der Waals surface area contributed by atoms with E-state index >= 15 is 0 Å². The fourth-order valence-electron chi connectivity index (χ4n) is 3.79. The maximum Gasteiger partial charge on any atom is 0.255 e. The number of nitrogens with zero attached hydrogens (tertiary/aromatic N) is 2. The number of morpholine rings is 1. The third-order valence-corrected chi connectivity index (χ3v) is 6.54. The molecule has 1 aromatic carbocycles. The molecule has 1 spiro atoms. The number of likely N-dealkylation sites (tertiary alicyclic amines) is 1. The normalized spacial score (nSPS) is 19.1. The van der Waals surface area contributed by atoms with Gasteiger partial charge in [0, 0.05) is 38.2 Å². The molecule has 1 aromatic rings. The number of methoxy groups -OCH3 is 1. The summed E-state index contributed by atoms with van der Waals surface area (Å²) in [6, 6.07) is 5.55. The average molecular weight is 427 g/mol. The predicted molar refractivity (Wildman–Crippen MR) is 110 cm³/mol. The second-order valence-electron chi connectivity index (χ2n) is 7.23. The Morgan fingerprint density at radius 2 is 2.00 bits per heavy atom. The summed E-state index contributed by atoms with van der Waals surface area (Å²) in [4.78, 5) is 30.0. The van der Waals surface area contributed by atoms with Gasteiger partial charge < -0.3 is 19.3 Å². The minimum atomic E-state index is -0.358. The molecule has 0 bridgehead atoms. The molecule has 28 heavy (non-hydrogen) atoms. The lowest BCUT2D eigenvalue weighted by Crippen LogP contribution is -2.58. The summed E-state index contributed by atoms with van der Waals surface area (Å²) < 4.78 is 11.1. The number of hydrogen-bond donors (Lipinski definition) is 0. The maximum absolute atomic E-state index is 13.0. The maximum atomic E-state index is 13.0. The van der Waals surface area contributed by atoms with Gasteiger partial charge in [0.2, 0.25) is 5.91 Å². The number of amides is 2. The summed E-state index contributed by atoms with van der Waals surface area (Å²) in [7, 11) is 1.60. The minimum absolute atomic E-state index is 0.0420. The van der Waals surface area contributed by atoms with E-state index in [-0.39, 0.29) is 17.4 Å². The van der Waals surface area contributed by atoms with Crippen molar-refractivity contribution in [3.05, 3.63) is 28.8 Å². The predicted octanol–water partition coefficient (Wildman–Crippen LogP) is 2.93. The average Bonchev–Trinajstić information content (AvgIpc) is 2.72. The van der Waals surface area contributed by atoms with Crippen LogP contribution in [0.15, 0.2) is 23.1 Å². The topological polar surface area (TPSA) is 59.1 Å². The number of thioether (sulfide) groups is 1. The fourth-order valence-corrected chi connectivity index (χ4v) is 4.43. The zero-order valence-corrected chi connectivity index (χ0v) is 18.0. The van der Waals surface area contributed by atoms with Gasteiger partial charge in [-0.3, -0.25) is 9.59 Å². The lowest BCUT2D eigenvalue weighted by Gasteiger charge is -2.47. The number of benzene rings is 1. The first kappa shape index (κ1) is 21.4. The van der Waals surface area contributed by atoms with Gasteiger partial charge in [0.25, 0.3) is 5.91 Å². The van der Waals surface area contributed by atoms with Gasteiger partial charge in [-0.25, -0.2) is 0 Å². The van der Waals surface area contributed by atoms with Crippen molar-refractivity contribution in [1.82, 2.24) is 9.80 Å². The lowest BCUT2D eigenvalue weighted by molar-refractivity contribution is -0.158. The molecule has 0 N–H and O–H groups in total. The van der Waals surface area contributed by atoms with Crippen molar-refractivity contribution < 1.29 is 19.1 Å². The monoisotopic (exact) mass is 426 g/mol. The molecular weight excluding hydrogens is 400 g/mol. The van der Waals surface area contributed by atoms with Gasteiger partial charge in [-0.15, -0.1) is 11.8 Å². The van der Waals surface area contributed by atoms with Crippen LogP contribution in [-0.4, -0.2) is 80.0 Å². The number of carbonyl (C=O) groups is 2. The van der Waals surface area contributed by atoms with E-state index in [2.05, 4.69) is 0 Å². The molecule has 0 aliphatic carbocycles. The van der Waals surface area contributed by atoms with Gasteiger partial charge in [-0.05, 0) is 37.3 Å². The fraction of sp³-hybridized carbons (Fsp3) is 0.600. The molecule has 2 aliphatic heterocycles. The van der Waals surface area contributed by atoms with E-state index in [0.29, 0.717) is 69.2 Å². The molecular formula is C20H27ClN2O4S. The molecule has 2 fully saturated rings. The summed E-state index contributed by atoms with van der Waals surface area (Å²) in [5.74, 6) is 0.0586. The number of hydrogen-bond acceptors (Lipinski definition) is 5. The summed E-state index contributed by atoms with van der Waals surface area (Å²) >= 11 is 7.86. The van der Waals surface area contributed by atoms with Crippen molar-refractivity contribution in [2.45, 2.75) is 29.8 Å². The summed E-state index contributed by atoms with van der Waals surface area (Å²) in [6.07, 6.45) is 3.79. The van der Waals surface area contributed by atoms with Crippen molar-refractivity contribution in [3.63, 3.8) is 0 Å². The van der Waals surface area contributed by atoms with Crippen molar-refractivity contribution in [2.24, 2.45) is 0 Å². The minimum Gasteiger partial charge on any atom is -0.384 e. The van der Waals surface area contributed by atoms with Crippen LogP contribution in [0, 0.1) is 0 Å². The number of halogens is 1. The van der Waals surface area contributed by atoms with E-state index in [9.17, 15) is 9.59 Å². The standard InChI is InChI=1S/C20H27ClN2O4S/c1-26-11-5-18(24)23-10-12-27-20(14-23)6-8-22(9-7-20)19(25)16-13-15(28-2)3-4-17(16)21/h3-4,13H,5-12,14H2,1-2H3. The summed E-state index contributed by atoms with van der Waals surface area (Å²) in [5.41, 5.74) is 0.188. The van der Waals surface area contributed by atoms with Crippen LogP contribution in [0.1, 0.15) is 29.6 Å². The van der Waals surface area contributed by atoms with Gasteiger partial charge >= 0.3 is 0 Å². The first-order valence-corrected chi connectivity index (χ1v) is 11.1. The van der Waals surface area contributed by atoms with Crippen LogP contribution in [-0.2, 0) is 14.3 Å². The smallest absolute Gasteiger partial charge is 0.255 e. The quantitative estimate of drug-likeness (QED) is 0.677. The van der Waals surface area contributed by atoms with Crippen LogP contribution >= 0.6 is 23.4 Å². The molecule has 0 atom stereocenters. The molecule has 0 unspecified atom stereocenters. The molecule has 2 amide bonds. The highest BCUT2D eigenvalue weighted by Crippen LogP contribution is 2.32. The van der Waals surface area contributed by atoms with Crippen molar-refractivity contribution in [2.75, 3.05) is 52.8 Å². The van der Waals surface area contributed by atoms with Gasteiger partial charge in [0.05, 0.1) is 35.8 Å². The van der Waals surface area contributed by atoms with Gasteiger partial charge in [0.15, 0.2) is 0 Å². The Morgan fingerprint density at radius 3 is 2.68 bits per heavy atom. The zero-order chi connectivity index (χ0) is 20.1. The molecule has 0 saturated carbocycles. The van der Waals surface area contributed by atoms with Crippen LogP contribution in [0.5, 0.6) is 0 Å². The molecule has 6 nitrogen and oxygen atoms in total. The Hall–Kier alpha value is -1.28. The molecule has 2 heterocycles. The molecule has 0 radical (unpaired) electrons. The van der Waals surface area contributed by atoms with E-state index in [1.54, 1.807) is 24.9 Å². The largest absolute Gasteiger partial charge is 0.384 e. The van der Waals surface area contributed by atoms with Crippen molar-refractivity contribution >= 4 is 35.2 Å². The van der Waals surface area contributed by atoms with Gasteiger partial charge in [0.1, 0.15) is 0 Å². The third kappa shape index (κ3) is 4.82. The highest BCUT2D eigenvalue weighted by Gasteiger charge is 2.41. The Balaban J connectivity index is 1.62. The Morgan fingerprint density at radius 1 is 1.25 bits per heavy atom. The number of ether oxygens (including phenoxy) is 2. The van der Waals surface area contributed by atoms with Crippen LogP contribution in [0.2, 0.25) is 5.02 Å². The lowest BCUT2D eigenvalue weighted by atomic mass is 9.89. The summed E-state index contributed by atoms with van der Waals surface area (Å²) in [6.45, 7) is 3.36. The van der Waals surface area contributed by atoms with E-state index in [1.807, 2.05) is 28.2 Å². The Kier molecular flexibility index (Phi) is 7.25. The second-order valence-corrected chi connectivity index (χ2v) is 8.51. The van der Waals surface area contributed by atoms with E-state index in [4.69, 9.17) is 21.1 Å². The first-order valence-electron chi connectivity index (χ1n) is 9.51. The molecule has 154 valence electrons. The highest BCUT2D eigenvalue weighted by atomic mass is 35.5. The molecule has 0 aromatic heterocycles. The molecule has 2 aliphatic rings. The number of carbonyl (C=O) groups excluding carboxylic acids is 2. The van der Waals surface area contributed by atoms with Crippen LogP contribution in [0.4, 0.5) is 0 Å². The Bertz CT molecular complexity index is 722. The number of piperidine rings is 1. The zero-order valence-electron chi connectivity index (χ0n) is 16.4. The molecule has 2 saturated heterocycles. The van der Waals surface area contributed by atoms with E-state index in [0.717, 1.165) is 4.90 Å². The number of rotatable bonds is 5. The molecule has 8 heteroatoms. The summed E-state index contributed by atoms with van der Waals surface area (Å²) in [5, 5.41) is 0.479. The van der Waals surface area contributed by atoms with Crippen LogP contribution in [0.3, 0.4) is 0 Å². The highest BCUT2D eigenvalue weighted by molar-refractivity contribution is 7.98. The second kappa shape index (κ2) is 9.48. The van der Waals surface area contributed by atoms with Gasteiger partial charge in [-0.2, -0.15) is 0 Å².